The van der Waals surface area contributed by atoms with Crippen molar-refractivity contribution >= 4 is 5.91 Å². The first-order chi connectivity index (χ1) is 5.61. The van der Waals surface area contributed by atoms with Gasteiger partial charge < -0.3 is 10.8 Å². The van der Waals surface area contributed by atoms with Crippen LogP contribution in [0.4, 0.5) is 0 Å². The Kier molecular flexibility index (Phi) is 2.45. The van der Waals surface area contributed by atoms with Crippen LogP contribution in [0.5, 0.6) is 0 Å². The maximum absolute atomic E-state index is 10.6. The topological polar surface area (TPSA) is 63.3 Å². The summed E-state index contributed by atoms with van der Waals surface area (Å²) in [4.78, 5) is 10.6. The van der Waals surface area contributed by atoms with E-state index in [-0.39, 0.29) is 0 Å². The first kappa shape index (κ1) is 8.74. The van der Waals surface area contributed by atoms with E-state index in [2.05, 4.69) is 0 Å². The molecule has 3 N–H and O–H groups in total. The zero-order chi connectivity index (χ0) is 9.14. The number of hydrogen-bond acceptors (Lipinski definition) is 2. The van der Waals surface area contributed by atoms with Gasteiger partial charge in [0.05, 0.1) is 6.10 Å². The highest BCUT2D eigenvalue weighted by atomic mass is 16.3. The molecule has 0 fully saturated rings. The fraction of sp³-hybridized carbons (Fsp3) is 0.222. The summed E-state index contributed by atoms with van der Waals surface area (Å²) >= 11 is 0. The summed E-state index contributed by atoms with van der Waals surface area (Å²) in [6, 6.07) is 6.57. The van der Waals surface area contributed by atoms with Crippen LogP contribution in [0.25, 0.3) is 0 Å². The molecule has 12 heavy (non-hydrogen) atoms. The number of nitrogens with two attached hydrogens (primary N) is 1. The molecule has 0 saturated carbocycles. The molecule has 1 atom stereocenters. The Hall–Kier alpha value is -1.35. The Balaban J connectivity index is 2.93. The third-order valence-corrected chi connectivity index (χ3v) is 1.68. The van der Waals surface area contributed by atoms with Crippen molar-refractivity contribution in [3.05, 3.63) is 35.4 Å². The third kappa shape index (κ3) is 1.83. The molecule has 0 aliphatic heterocycles. The average Bonchev–Trinajstić information content (AvgIpc) is 2.04. The van der Waals surface area contributed by atoms with Crippen molar-refractivity contribution in [1.82, 2.24) is 0 Å². The highest BCUT2D eigenvalue weighted by Crippen LogP contribution is 2.11. The Labute approximate surface area is 70.8 Å². The van der Waals surface area contributed by atoms with Gasteiger partial charge in [-0.3, -0.25) is 4.79 Å². The Morgan fingerprint density at radius 3 is 2.25 bits per heavy atom. The molecule has 1 amide bonds. The van der Waals surface area contributed by atoms with Gasteiger partial charge in [-0.1, -0.05) is 12.1 Å². The van der Waals surface area contributed by atoms with E-state index >= 15 is 0 Å². The van der Waals surface area contributed by atoms with Crippen LogP contribution in [0, 0.1) is 0 Å². The lowest BCUT2D eigenvalue weighted by atomic mass is 10.1. The summed E-state index contributed by atoms with van der Waals surface area (Å²) < 4.78 is 0. The lowest BCUT2D eigenvalue weighted by molar-refractivity contribution is 0.1000. The molecule has 1 aromatic rings. The predicted molar refractivity (Wildman–Crippen MR) is 45.6 cm³/mol. The molecule has 0 bridgehead atoms. The molecule has 0 aromatic heterocycles. The van der Waals surface area contributed by atoms with E-state index < -0.39 is 12.0 Å². The van der Waals surface area contributed by atoms with Crippen molar-refractivity contribution in [3.8, 4) is 0 Å². The number of aliphatic hydroxyl groups is 1. The molecule has 1 rings (SSSR count). The second-order valence-corrected chi connectivity index (χ2v) is 2.66. The van der Waals surface area contributed by atoms with Gasteiger partial charge in [0.15, 0.2) is 0 Å². The van der Waals surface area contributed by atoms with Crippen molar-refractivity contribution in [3.63, 3.8) is 0 Å². The summed E-state index contributed by atoms with van der Waals surface area (Å²) in [5, 5.41) is 9.14. The second-order valence-electron chi connectivity index (χ2n) is 2.66. The van der Waals surface area contributed by atoms with Gasteiger partial charge in [-0.15, -0.1) is 0 Å². The van der Waals surface area contributed by atoms with Crippen LogP contribution in [-0.2, 0) is 0 Å². The van der Waals surface area contributed by atoms with Crippen LogP contribution in [0.2, 0.25) is 0 Å². The van der Waals surface area contributed by atoms with Gasteiger partial charge in [0.2, 0.25) is 5.91 Å². The van der Waals surface area contributed by atoms with Crippen LogP contribution in [-0.4, -0.2) is 11.0 Å². The van der Waals surface area contributed by atoms with Gasteiger partial charge in [-0.05, 0) is 24.6 Å². The highest BCUT2D eigenvalue weighted by molar-refractivity contribution is 5.92. The molecule has 0 radical (unpaired) electrons. The van der Waals surface area contributed by atoms with Crippen molar-refractivity contribution < 1.29 is 9.90 Å². The van der Waals surface area contributed by atoms with Crippen molar-refractivity contribution in [2.45, 2.75) is 13.0 Å². The smallest absolute Gasteiger partial charge is 0.248 e. The first-order valence-corrected chi connectivity index (χ1v) is 3.69. The molecule has 3 heteroatoms. The molecule has 0 aliphatic rings. The normalized spacial score (nSPS) is 12.5. The summed E-state index contributed by atoms with van der Waals surface area (Å²) in [6.07, 6.45) is -0.507. The largest absolute Gasteiger partial charge is 0.389 e. The number of primary amides is 1. The van der Waals surface area contributed by atoms with E-state index in [4.69, 9.17) is 10.8 Å². The highest BCUT2D eigenvalue weighted by Gasteiger charge is 2.02. The fourth-order valence-corrected chi connectivity index (χ4v) is 0.926. The molecule has 0 spiro atoms. The minimum atomic E-state index is -0.507. The summed E-state index contributed by atoms with van der Waals surface area (Å²) in [7, 11) is 0. The summed E-state index contributed by atoms with van der Waals surface area (Å²) in [6.45, 7) is 1.67. The Bertz CT molecular complexity index is 277. The van der Waals surface area contributed by atoms with E-state index in [0.717, 1.165) is 5.56 Å². The standard InChI is InChI=1S/C9H11NO2/c1-6(11)7-2-4-8(5-3-7)9(10)12/h2-6,11H,1H3,(H2,10,12)/t6-/m1/s1. The minimum Gasteiger partial charge on any atom is -0.389 e. The number of amides is 1. The lowest BCUT2D eigenvalue weighted by Gasteiger charge is -2.03. The SMILES string of the molecule is C[C@@H](O)c1ccc(C(N)=O)cc1. The van der Waals surface area contributed by atoms with Gasteiger partial charge in [0.1, 0.15) is 0 Å². The van der Waals surface area contributed by atoms with Crippen LogP contribution in [0.15, 0.2) is 24.3 Å². The second kappa shape index (κ2) is 3.36. The maximum Gasteiger partial charge on any atom is 0.248 e. The summed E-state index contributed by atoms with van der Waals surface area (Å²) in [5.41, 5.74) is 6.27. The van der Waals surface area contributed by atoms with Gasteiger partial charge in [-0.2, -0.15) is 0 Å². The fourth-order valence-electron chi connectivity index (χ4n) is 0.926. The molecule has 1 aromatic carbocycles. The number of hydrogen-bond donors (Lipinski definition) is 2. The number of carbonyl (C=O) groups excluding carboxylic acids is 1. The summed E-state index contributed by atoms with van der Waals surface area (Å²) in [5.74, 6) is -0.452. The van der Waals surface area contributed by atoms with Crippen LogP contribution >= 0.6 is 0 Å². The van der Waals surface area contributed by atoms with E-state index in [1.165, 1.54) is 0 Å². The molecular formula is C9H11NO2. The van der Waals surface area contributed by atoms with E-state index in [1.807, 2.05) is 0 Å². The predicted octanol–water partition coefficient (Wildman–Crippen LogP) is 0.839. The van der Waals surface area contributed by atoms with E-state index in [1.54, 1.807) is 31.2 Å². The van der Waals surface area contributed by atoms with E-state index in [0.29, 0.717) is 5.56 Å². The zero-order valence-electron chi connectivity index (χ0n) is 6.82. The molecular weight excluding hydrogens is 154 g/mol. The van der Waals surface area contributed by atoms with Crippen molar-refractivity contribution in [1.29, 1.82) is 0 Å². The first-order valence-electron chi connectivity index (χ1n) is 3.69. The zero-order valence-corrected chi connectivity index (χ0v) is 6.82. The average molecular weight is 165 g/mol. The minimum absolute atomic E-state index is 0.452. The van der Waals surface area contributed by atoms with Crippen LogP contribution in [0.1, 0.15) is 28.9 Å². The van der Waals surface area contributed by atoms with Gasteiger partial charge in [0.25, 0.3) is 0 Å². The molecule has 0 aliphatic carbocycles. The van der Waals surface area contributed by atoms with Crippen molar-refractivity contribution in [2.75, 3.05) is 0 Å². The third-order valence-electron chi connectivity index (χ3n) is 1.68. The van der Waals surface area contributed by atoms with Gasteiger partial charge in [-0.25, -0.2) is 0 Å². The quantitative estimate of drug-likeness (QED) is 0.682. The van der Waals surface area contributed by atoms with Crippen LogP contribution in [0.3, 0.4) is 0 Å². The lowest BCUT2D eigenvalue weighted by Crippen LogP contribution is -2.10. The number of aliphatic hydroxyl groups excluding tert-OH is 1. The number of carbonyl (C=O) groups is 1. The molecule has 0 heterocycles. The number of benzene rings is 1. The molecule has 3 nitrogen and oxygen atoms in total. The van der Waals surface area contributed by atoms with Crippen LogP contribution < -0.4 is 5.73 Å². The molecule has 0 unspecified atom stereocenters. The van der Waals surface area contributed by atoms with Gasteiger partial charge >= 0.3 is 0 Å². The monoisotopic (exact) mass is 165 g/mol. The maximum atomic E-state index is 10.6. The molecule has 64 valence electrons. The van der Waals surface area contributed by atoms with E-state index in [9.17, 15) is 4.79 Å². The molecule has 0 saturated heterocycles. The van der Waals surface area contributed by atoms with Crippen molar-refractivity contribution in [2.24, 2.45) is 5.73 Å². The van der Waals surface area contributed by atoms with Gasteiger partial charge in [0, 0.05) is 5.56 Å². The Morgan fingerprint density at radius 1 is 1.42 bits per heavy atom. The number of rotatable bonds is 2. The Morgan fingerprint density at radius 2 is 1.92 bits per heavy atom.